The lowest BCUT2D eigenvalue weighted by molar-refractivity contribution is -0.118. The molecule has 0 fully saturated rings. The van der Waals surface area contributed by atoms with Gasteiger partial charge in [-0.15, -0.1) is 0 Å². The Balaban J connectivity index is 2.26. The van der Waals surface area contributed by atoms with E-state index < -0.39 is 23.6 Å². The van der Waals surface area contributed by atoms with Gasteiger partial charge in [-0.25, -0.2) is 4.79 Å². The number of benzene rings is 2. The topological polar surface area (TPSA) is 95.1 Å². The Kier molecular flexibility index (Phi) is 8.13. The molecule has 0 heterocycles. The van der Waals surface area contributed by atoms with E-state index in [1.807, 2.05) is 30.3 Å². The number of amides is 2. The average Bonchev–Trinajstić information content (AvgIpc) is 2.71. The van der Waals surface area contributed by atoms with E-state index >= 15 is 0 Å². The van der Waals surface area contributed by atoms with Gasteiger partial charge in [0, 0.05) is 24.2 Å². The minimum atomic E-state index is -0.864. The number of ether oxygens (including phenoxy) is 4. The Morgan fingerprint density at radius 3 is 2.00 bits per heavy atom. The van der Waals surface area contributed by atoms with Gasteiger partial charge in [0.05, 0.1) is 21.3 Å². The monoisotopic (exact) mass is 430 g/mol. The third-order valence-corrected chi connectivity index (χ3v) is 4.22. The van der Waals surface area contributed by atoms with Crippen LogP contribution in [0.4, 0.5) is 10.5 Å². The van der Waals surface area contributed by atoms with Gasteiger partial charge in [0.15, 0.2) is 11.5 Å². The van der Waals surface area contributed by atoms with Crippen molar-refractivity contribution in [1.29, 1.82) is 0 Å². The number of hydrogen-bond donors (Lipinski definition) is 2. The van der Waals surface area contributed by atoms with E-state index in [2.05, 4.69) is 10.6 Å². The molecule has 0 bridgehead atoms. The molecular formula is C23H30N2O6. The molecule has 8 nitrogen and oxygen atoms in total. The van der Waals surface area contributed by atoms with Crippen LogP contribution in [0.15, 0.2) is 42.5 Å². The molecule has 2 rings (SSSR count). The summed E-state index contributed by atoms with van der Waals surface area (Å²) in [5.41, 5.74) is 0.640. The van der Waals surface area contributed by atoms with Crippen molar-refractivity contribution in [2.24, 2.45) is 0 Å². The van der Waals surface area contributed by atoms with E-state index in [1.165, 1.54) is 21.3 Å². The van der Waals surface area contributed by atoms with Crippen molar-refractivity contribution in [2.45, 2.75) is 38.8 Å². The summed E-state index contributed by atoms with van der Waals surface area (Å²) in [5.74, 6) is 0.799. The molecule has 2 amide bonds. The normalized spacial score (nSPS) is 11.8. The second-order valence-electron chi connectivity index (χ2n) is 7.79. The smallest absolute Gasteiger partial charge is 0.408 e. The molecule has 0 aliphatic rings. The maximum atomic E-state index is 13.1. The van der Waals surface area contributed by atoms with Crippen molar-refractivity contribution in [3.05, 3.63) is 48.0 Å². The van der Waals surface area contributed by atoms with Crippen molar-refractivity contribution in [3.63, 3.8) is 0 Å². The van der Waals surface area contributed by atoms with Gasteiger partial charge < -0.3 is 29.6 Å². The molecule has 0 aliphatic heterocycles. The largest absolute Gasteiger partial charge is 0.493 e. The van der Waals surface area contributed by atoms with Crippen LogP contribution >= 0.6 is 0 Å². The van der Waals surface area contributed by atoms with Gasteiger partial charge in [0.1, 0.15) is 11.6 Å². The van der Waals surface area contributed by atoms with Crippen molar-refractivity contribution in [2.75, 3.05) is 26.6 Å². The molecule has 2 aromatic carbocycles. The van der Waals surface area contributed by atoms with E-state index in [4.69, 9.17) is 18.9 Å². The van der Waals surface area contributed by atoms with E-state index in [1.54, 1.807) is 32.9 Å². The minimum absolute atomic E-state index is 0.288. The molecule has 0 saturated heterocycles. The maximum Gasteiger partial charge on any atom is 0.408 e. The molecule has 8 heteroatoms. The van der Waals surface area contributed by atoms with Crippen LogP contribution in [-0.4, -0.2) is 45.0 Å². The highest BCUT2D eigenvalue weighted by atomic mass is 16.6. The molecule has 2 N–H and O–H groups in total. The van der Waals surface area contributed by atoms with Crippen LogP contribution in [0.2, 0.25) is 0 Å². The van der Waals surface area contributed by atoms with E-state index in [-0.39, 0.29) is 6.42 Å². The van der Waals surface area contributed by atoms with Crippen LogP contribution < -0.4 is 24.8 Å². The second-order valence-corrected chi connectivity index (χ2v) is 7.79. The fraction of sp³-hybridized carbons (Fsp3) is 0.391. The minimum Gasteiger partial charge on any atom is -0.493 e. The Bertz CT molecular complexity index is 868. The summed E-state index contributed by atoms with van der Waals surface area (Å²) in [6, 6.07) is 11.8. The van der Waals surface area contributed by atoms with Crippen molar-refractivity contribution >= 4 is 17.7 Å². The van der Waals surface area contributed by atoms with E-state index in [0.717, 1.165) is 5.56 Å². The lowest BCUT2D eigenvalue weighted by atomic mass is 10.1. The molecule has 168 valence electrons. The highest BCUT2D eigenvalue weighted by molar-refractivity contribution is 5.97. The summed E-state index contributed by atoms with van der Waals surface area (Å²) in [6.45, 7) is 5.28. The zero-order valence-corrected chi connectivity index (χ0v) is 18.8. The van der Waals surface area contributed by atoms with Crippen LogP contribution in [0.25, 0.3) is 0 Å². The Hall–Kier alpha value is -3.42. The molecule has 31 heavy (non-hydrogen) atoms. The fourth-order valence-electron chi connectivity index (χ4n) is 2.89. The third-order valence-electron chi connectivity index (χ3n) is 4.22. The first-order chi connectivity index (χ1) is 14.7. The summed E-state index contributed by atoms with van der Waals surface area (Å²) < 4.78 is 21.3. The van der Waals surface area contributed by atoms with Gasteiger partial charge in [-0.2, -0.15) is 0 Å². The fourth-order valence-corrected chi connectivity index (χ4v) is 2.89. The summed E-state index contributed by atoms with van der Waals surface area (Å²) in [7, 11) is 4.48. The number of alkyl carbamates (subject to hydrolysis) is 1. The zero-order chi connectivity index (χ0) is 23.0. The molecule has 0 radical (unpaired) electrons. The van der Waals surface area contributed by atoms with Crippen LogP contribution in [-0.2, 0) is 16.0 Å². The van der Waals surface area contributed by atoms with Crippen molar-refractivity contribution < 1.29 is 28.5 Å². The van der Waals surface area contributed by atoms with Gasteiger partial charge in [0.2, 0.25) is 11.7 Å². The van der Waals surface area contributed by atoms with Crippen LogP contribution in [0, 0.1) is 0 Å². The molecule has 0 aliphatic carbocycles. The van der Waals surface area contributed by atoms with Crippen LogP contribution in [0.1, 0.15) is 26.3 Å². The number of rotatable bonds is 8. The first-order valence-electron chi connectivity index (χ1n) is 9.81. The first kappa shape index (κ1) is 23.9. The number of carbonyl (C=O) groups excluding carboxylic acids is 2. The molecule has 0 spiro atoms. The number of nitrogens with one attached hydrogen (secondary N) is 2. The predicted molar refractivity (Wildman–Crippen MR) is 118 cm³/mol. The van der Waals surface area contributed by atoms with Gasteiger partial charge in [-0.3, -0.25) is 4.79 Å². The molecular weight excluding hydrogens is 400 g/mol. The van der Waals surface area contributed by atoms with Gasteiger partial charge in [-0.1, -0.05) is 30.3 Å². The van der Waals surface area contributed by atoms with Crippen LogP contribution in [0.3, 0.4) is 0 Å². The lowest BCUT2D eigenvalue weighted by Crippen LogP contribution is -2.47. The average molecular weight is 431 g/mol. The standard InChI is InChI=1S/C23H30N2O6/c1-23(2,3)31-22(27)25-17(12-15-10-8-7-9-11-15)21(26)24-16-13-18(28-4)20(30-6)19(14-16)29-5/h7-11,13-14,17H,12H2,1-6H3,(H,24,26)(H,25,27). The Morgan fingerprint density at radius 2 is 1.52 bits per heavy atom. The highest BCUT2D eigenvalue weighted by Crippen LogP contribution is 2.39. The van der Waals surface area contributed by atoms with Gasteiger partial charge >= 0.3 is 6.09 Å². The summed E-state index contributed by atoms with van der Waals surface area (Å²) in [6.07, 6.45) is -0.385. The van der Waals surface area contributed by atoms with E-state index in [0.29, 0.717) is 22.9 Å². The SMILES string of the molecule is COc1cc(NC(=O)C(Cc2ccccc2)NC(=O)OC(C)(C)C)cc(OC)c1OC. The van der Waals surface area contributed by atoms with Crippen molar-refractivity contribution in [1.82, 2.24) is 5.32 Å². The van der Waals surface area contributed by atoms with E-state index in [9.17, 15) is 9.59 Å². The Labute approximate surface area is 182 Å². The quantitative estimate of drug-likeness (QED) is 0.662. The lowest BCUT2D eigenvalue weighted by Gasteiger charge is -2.23. The zero-order valence-electron chi connectivity index (χ0n) is 18.8. The van der Waals surface area contributed by atoms with Gasteiger partial charge in [0.25, 0.3) is 0 Å². The van der Waals surface area contributed by atoms with Crippen LogP contribution in [0.5, 0.6) is 17.2 Å². The van der Waals surface area contributed by atoms with Crippen molar-refractivity contribution in [3.8, 4) is 17.2 Å². The Morgan fingerprint density at radius 1 is 0.935 bits per heavy atom. The molecule has 0 aromatic heterocycles. The number of carbonyl (C=O) groups is 2. The molecule has 0 saturated carbocycles. The third kappa shape index (κ3) is 7.09. The number of methoxy groups -OCH3 is 3. The van der Waals surface area contributed by atoms with Gasteiger partial charge in [-0.05, 0) is 26.3 Å². The summed E-state index contributed by atoms with van der Waals surface area (Å²) in [4.78, 5) is 25.4. The molecule has 2 aromatic rings. The molecule has 1 atom stereocenters. The predicted octanol–water partition coefficient (Wildman–Crippen LogP) is 3.79. The number of hydrogen-bond acceptors (Lipinski definition) is 6. The molecule has 1 unspecified atom stereocenters. The first-order valence-corrected chi connectivity index (χ1v) is 9.81. The second kappa shape index (κ2) is 10.6. The maximum absolute atomic E-state index is 13.1. The summed E-state index contributed by atoms with van der Waals surface area (Å²) in [5, 5.41) is 5.47. The summed E-state index contributed by atoms with van der Waals surface area (Å²) >= 11 is 0. The number of anilines is 1. The highest BCUT2D eigenvalue weighted by Gasteiger charge is 2.25.